The first-order valence-corrected chi connectivity index (χ1v) is 16.0. The van der Waals surface area contributed by atoms with Crippen molar-refractivity contribution in [3.63, 3.8) is 0 Å². The number of rotatable bonds is 4. The second-order valence-electron chi connectivity index (χ2n) is 12.2. The third kappa shape index (κ3) is 3.96. The Kier molecular flexibility index (Phi) is 5.63. The van der Waals surface area contributed by atoms with Gasteiger partial charge in [-0.15, -0.1) is 0 Å². The molecule has 0 saturated heterocycles. The Bertz CT molecular complexity index is 2440. The van der Waals surface area contributed by atoms with Crippen molar-refractivity contribution in [2.45, 2.75) is 12.2 Å². The van der Waals surface area contributed by atoms with Gasteiger partial charge in [-0.1, -0.05) is 133 Å². The molecule has 2 atom stereocenters. The standard InChI is InChI=1S/C42H28N4O/c1-3-12-25(13-4-1)40-44-41(26-14-5-2-6-15-26)46-42(45-40)38-37-33-18-9-10-21-35(33)47-39(37)34(24-43-38)29-22-23-32-28-17-8-7-16-27(28)30-19-11-20-31(29)36(30)32/h1-24,38,40,43H,(H,44,45,46). The van der Waals surface area contributed by atoms with E-state index in [1.807, 2.05) is 48.5 Å². The molecular formula is C42H28N4O. The van der Waals surface area contributed by atoms with E-state index in [-0.39, 0.29) is 12.2 Å². The highest BCUT2D eigenvalue weighted by atomic mass is 16.3. The second-order valence-corrected chi connectivity index (χ2v) is 12.2. The predicted molar refractivity (Wildman–Crippen MR) is 190 cm³/mol. The van der Waals surface area contributed by atoms with Gasteiger partial charge < -0.3 is 15.1 Å². The van der Waals surface area contributed by atoms with E-state index in [0.717, 1.165) is 50.4 Å². The number of nitrogens with zero attached hydrogens (tertiary/aromatic N) is 2. The SMILES string of the molecule is C1=C(c2ccc3c4c(cccc24)-c2ccccc2-3)c2oc3ccccc3c2C(C2=NC(c3ccccc3)=NC(c3ccccc3)N2)N1. The summed E-state index contributed by atoms with van der Waals surface area (Å²) in [6, 6.07) is 48.4. The van der Waals surface area contributed by atoms with Gasteiger partial charge in [0.15, 0.2) is 5.84 Å². The zero-order chi connectivity index (χ0) is 30.9. The Morgan fingerprint density at radius 1 is 0.574 bits per heavy atom. The lowest BCUT2D eigenvalue weighted by atomic mass is 9.88. The zero-order valence-electron chi connectivity index (χ0n) is 25.3. The summed E-state index contributed by atoms with van der Waals surface area (Å²) in [6.45, 7) is 0. The summed E-state index contributed by atoms with van der Waals surface area (Å²) in [5.74, 6) is 2.36. The maximum absolute atomic E-state index is 6.77. The molecule has 2 unspecified atom stereocenters. The van der Waals surface area contributed by atoms with E-state index in [1.165, 1.54) is 33.0 Å². The van der Waals surface area contributed by atoms with E-state index >= 15 is 0 Å². The molecular weight excluding hydrogens is 576 g/mol. The Morgan fingerprint density at radius 3 is 2.06 bits per heavy atom. The van der Waals surface area contributed by atoms with Crippen LogP contribution in [0.5, 0.6) is 0 Å². The quantitative estimate of drug-likeness (QED) is 0.210. The van der Waals surface area contributed by atoms with Crippen LogP contribution < -0.4 is 10.6 Å². The fourth-order valence-electron chi connectivity index (χ4n) is 7.46. The van der Waals surface area contributed by atoms with Crippen LogP contribution in [0.4, 0.5) is 0 Å². The van der Waals surface area contributed by atoms with Crippen LogP contribution in [0.2, 0.25) is 0 Å². The molecule has 1 aromatic heterocycles. The fraction of sp³-hybridized carbons (Fsp3) is 0.0476. The monoisotopic (exact) mass is 604 g/mol. The number of aliphatic imine (C=N–C) groups is 2. The van der Waals surface area contributed by atoms with Crippen LogP contribution in [0.25, 0.3) is 49.6 Å². The van der Waals surface area contributed by atoms with E-state index in [9.17, 15) is 0 Å². The van der Waals surface area contributed by atoms with Crippen molar-refractivity contribution in [1.82, 2.24) is 10.6 Å². The van der Waals surface area contributed by atoms with Crippen molar-refractivity contribution in [3.8, 4) is 22.3 Å². The minimum absolute atomic E-state index is 0.279. The molecule has 0 saturated carbocycles. The van der Waals surface area contributed by atoms with Gasteiger partial charge in [0.25, 0.3) is 0 Å². The van der Waals surface area contributed by atoms with Crippen LogP contribution in [-0.4, -0.2) is 11.7 Å². The molecule has 5 heteroatoms. The molecule has 7 aromatic rings. The van der Waals surface area contributed by atoms with Crippen molar-refractivity contribution in [1.29, 1.82) is 0 Å². The summed E-state index contributed by atoms with van der Waals surface area (Å²) < 4.78 is 6.77. The van der Waals surface area contributed by atoms with E-state index in [4.69, 9.17) is 14.4 Å². The van der Waals surface area contributed by atoms with Crippen molar-refractivity contribution in [2.75, 3.05) is 0 Å². The van der Waals surface area contributed by atoms with Crippen molar-refractivity contribution in [3.05, 3.63) is 174 Å². The molecule has 0 bridgehead atoms. The molecule has 0 amide bonds. The van der Waals surface area contributed by atoms with E-state index in [0.29, 0.717) is 5.84 Å². The van der Waals surface area contributed by atoms with Gasteiger partial charge in [0.05, 0.1) is 0 Å². The smallest absolute Gasteiger partial charge is 0.159 e. The molecule has 3 heterocycles. The molecule has 3 aliphatic rings. The van der Waals surface area contributed by atoms with Crippen LogP contribution in [0.3, 0.4) is 0 Å². The van der Waals surface area contributed by atoms with Crippen LogP contribution >= 0.6 is 0 Å². The third-order valence-electron chi connectivity index (χ3n) is 9.58. The van der Waals surface area contributed by atoms with Gasteiger partial charge in [-0.05, 0) is 50.2 Å². The first kappa shape index (κ1) is 26.1. The Balaban J connectivity index is 1.14. The Morgan fingerprint density at radius 2 is 1.23 bits per heavy atom. The van der Waals surface area contributed by atoms with Gasteiger partial charge in [0.2, 0.25) is 0 Å². The predicted octanol–water partition coefficient (Wildman–Crippen LogP) is 9.41. The second kappa shape index (κ2) is 10.2. The lowest BCUT2D eigenvalue weighted by Gasteiger charge is -2.31. The van der Waals surface area contributed by atoms with Crippen molar-refractivity contribution < 1.29 is 4.42 Å². The maximum Gasteiger partial charge on any atom is 0.159 e. The van der Waals surface area contributed by atoms with Gasteiger partial charge in [-0.3, -0.25) is 0 Å². The highest BCUT2D eigenvalue weighted by Crippen LogP contribution is 2.50. The number of amidine groups is 2. The Labute approximate surface area is 271 Å². The zero-order valence-corrected chi connectivity index (χ0v) is 25.3. The first-order valence-electron chi connectivity index (χ1n) is 16.0. The number of para-hydroxylation sites is 1. The average molecular weight is 605 g/mol. The van der Waals surface area contributed by atoms with Crippen LogP contribution in [0.1, 0.15) is 40.2 Å². The highest BCUT2D eigenvalue weighted by Gasteiger charge is 2.35. The molecule has 10 rings (SSSR count). The maximum atomic E-state index is 6.77. The summed E-state index contributed by atoms with van der Waals surface area (Å²) in [4.78, 5) is 10.2. The van der Waals surface area contributed by atoms with Crippen LogP contribution in [0, 0.1) is 0 Å². The van der Waals surface area contributed by atoms with Gasteiger partial charge in [-0.25, -0.2) is 9.98 Å². The van der Waals surface area contributed by atoms with Crippen molar-refractivity contribution >= 4 is 39.0 Å². The Hall–Kier alpha value is -6.20. The molecule has 6 aromatic carbocycles. The number of hydrogen-bond acceptors (Lipinski definition) is 5. The third-order valence-corrected chi connectivity index (χ3v) is 9.58. The normalized spacial score (nSPS) is 17.7. The number of fused-ring (bicyclic) bond motifs is 6. The molecule has 1 aliphatic carbocycles. The molecule has 5 nitrogen and oxygen atoms in total. The lowest BCUT2D eigenvalue weighted by molar-refractivity contribution is 0.575. The van der Waals surface area contributed by atoms with E-state index < -0.39 is 0 Å². The topological polar surface area (TPSA) is 61.9 Å². The molecule has 0 radical (unpaired) electrons. The van der Waals surface area contributed by atoms with Gasteiger partial charge in [-0.2, -0.15) is 0 Å². The molecule has 222 valence electrons. The lowest BCUT2D eigenvalue weighted by Crippen LogP contribution is -2.42. The van der Waals surface area contributed by atoms with Crippen LogP contribution in [-0.2, 0) is 0 Å². The summed E-state index contributed by atoms with van der Waals surface area (Å²) >= 11 is 0. The van der Waals surface area contributed by atoms with Gasteiger partial charge in [0, 0.05) is 28.3 Å². The van der Waals surface area contributed by atoms with Gasteiger partial charge >= 0.3 is 0 Å². The summed E-state index contributed by atoms with van der Waals surface area (Å²) in [6.07, 6.45) is 1.82. The molecule has 2 N–H and O–H groups in total. The molecule has 0 fully saturated rings. The molecule has 0 spiro atoms. The van der Waals surface area contributed by atoms with E-state index in [1.54, 1.807) is 0 Å². The molecule has 47 heavy (non-hydrogen) atoms. The van der Waals surface area contributed by atoms with Crippen molar-refractivity contribution in [2.24, 2.45) is 9.98 Å². The fourth-order valence-corrected chi connectivity index (χ4v) is 7.46. The summed E-state index contributed by atoms with van der Waals surface area (Å²) in [7, 11) is 0. The minimum Gasteiger partial charge on any atom is -0.456 e. The molecule has 2 aliphatic heterocycles. The number of furan rings is 1. The summed E-state index contributed by atoms with van der Waals surface area (Å²) in [5, 5.41) is 11.0. The first-order chi connectivity index (χ1) is 23.3. The van der Waals surface area contributed by atoms with Gasteiger partial charge in [0.1, 0.15) is 29.4 Å². The summed E-state index contributed by atoms with van der Waals surface area (Å²) in [5.41, 5.74) is 11.3. The average Bonchev–Trinajstić information content (AvgIpc) is 3.70. The highest BCUT2D eigenvalue weighted by molar-refractivity contribution is 6.18. The number of nitrogens with one attached hydrogen (secondary N) is 2. The number of benzene rings is 6. The number of hydrogen-bond donors (Lipinski definition) is 2. The minimum atomic E-state index is -0.286. The van der Waals surface area contributed by atoms with E-state index in [2.05, 4.69) is 108 Å². The van der Waals surface area contributed by atoms with Crippen LogP contribution in [0.15, 0.2) is 160 Å². The largest absolute Gasteiger partial charge is 0.456 e.